The predicted molar refractivity (Wildman–Crippen MR) is 96.6 cm³/mol. The van der Waals surface area contributed by atoms with Gasteiger partial charge in [0, 0.05) is 0 Å². The Morgan fingerprint density at radius 2 is 0.917 bits per heavy atom. The van der Waals surface area contributed by atoms with E-state index in [4.69, 9.17) is 0 Å². The van der Waals surface area contributed by atoms with Crippen molar-refractivity contribution in [2.45, 2.75) is 67.2 Å². The lowest BCUT2D eigenvalue weighted by atomic mass is 9.78. The van der Waals surface area contributed by atoms with Gasteiger partial charge in [0.05, 0.1) is 11.1 Å². The Morgan fingerprint density at radius 3 is 1.17 bits per heavy atom. The molecule has 2 atom stereocenters. The summed E-state index contributed by atoms with van der Waals surface area (Å²) in [6, 6.07) is 4.76. The third-order valence-electron chi connectivity index (χ3n) is 6.42. The fourth-order valence-corrected chi connectivity index (χ4v) is 4.51. The van der Waals surface area contributed by atoms with Gasteiger partial charge in [0.25, 0.3) is 0 Å². The average molecular weight is 320 g/mol. The quantitative estimate of drug-likeness (QED) is 0.679. The van der Waals surface area contributed by atoms with Gasteiger partial charge in [-0.2, -0.15) is 10.5 Å². The second-order valence-electron chi connectivity index (χ2n) is 9.83. The van der Waals surface area contributed by atoms with Crippen LogP contribution in [-0.4, -0.2) is 0 Å². The first-order valence-electron chi connectivity index (χ1n) is 9.07. The van der Waals surface area contributed by atoms with Crippen LogP contribution in [0.25, 0.3) is 0 Å². The van der Waals surface area contributed by atoms with Crippen LogP contribution in [0.4, 0.5) is 0 Å². The van der Waals surface area contributed by atoms with E-state index in [-0.39, 0.29) is 10.8 Å². The number of nitriles is 2. The van der Waals surface area contributed by atoms with Gasteiger partial charge in [-0.05, 0) is 70.6 Å². The van der Waals surface area contributed by atoms with Crippen LogP contribution in [-0.2, 0) is 25.7 Å². The summed E-state index contributed by atoms with van der Waals surface area (Å²) in [6.07, 6.45) is 4.03. The minimum Gasteiger partial charge on any atom is -0.192 e. The normalized spacial score (nSPS) is 22.7. The molecular weight excluding hydrogens is 292 g/mol. The highest BCUT2D eigenvalue weighted by molar-refractivity contribution is 5.64. The second-order valence-corrected chi connectivity index (χ2v) is 9.83. The summed E-state index contributed by atoms with van der Waals surface area (Å²) in [5, 5.41) is 19.5. The largest absolute Gasteiger partial charge is 0.192 e. The van der Waals surface area contributed by atoms with Crippen LogP contribution in [0.1, 0.15) is 74.9 Å². The van der Waals surface area contributed by atoms with Crippen LogP contribution in [0.15, 0.2) is 0 Å². The molecule has 1 aromatic rings. The van der Waals surface area contributed by atoms with Crippen LogP contribution in [0.3, 0.4) is 0 Å². The molecule has 2 unspecified atom stereocenters. The molecule has 0 aliphatic heterocycles. The van der Waals surface area contributed by atoms with E-state index in [1.165, 1.54) is 22.3 Å². The van der Waals surface area contributed by atoms with E-state index in [1.54, 1.807) is 0 Å². The molecule has 0 amide bonds. The van der Waals surface area contributed by atoms with Crippen molar-refractivity contribution in [3.8, 4) is 12.1 Å². The van der Waals surface area contributed by atoms with Gasteiger partial charge >= 0.3 is 0 Å². The lowest BCUT2D eigenvalue weighted by Gasteiger charge is -2.27. The number of nitrogens with zero attached hydrogens (tertiary/aromatic N) is 2. The summed E-state index contributed by atoms with van der Waals surface area (Å²) < 4.78 is 0. The molecule has 24 heavy (non-hydrogen) atoms. The molecule has 2 heteroatoms. The first-order chi connectivity index (χ1) is 11.1. The molecule has 0 saturated carbocycles. The Hall–Kier alpha value is -1.80. The van der Waals surface area contributed by atoms with Gasteiger partial charge in [-0.1, -0.05) is 41.5 Å². The van der Waals surface area contributed by atoms with Crippen molar-refractivity contribution in [1.82, 2.24) is 0 Å². The molecule has 0 spiro atoms. The number of hydrogen-bond donors (Lipinski definition) is 0. The van der Waals surface area contributed by atoms with Crippen LogP contribution >= 0.6 is 0 Å². The van der Waals surface area contributed by atoms with Gasteiger partial charge in [-0.25, -0.2) is 0 Å². The highest BCUT2D eigenvalue weighted by Gasteiger charge is 2.40. The average Bonchev–Trinajstić information content (AvgIpc) is 3.07. The van der Waals surface area contributed by atoms with E-state index in [2.05, 4.69) is 53.7 Å². The zero-order chi connectivity index (χ0) is 17.9. The van der Waals surface area contributed by atoms with Crippen LogP contribution in [0.2, 0.25) is 0 Å². The number of rotatable bonds is 0. The number of hydrogen-bond acceptors (Lipinski definition) is 2. The van der Waals surface area contributed by atoms with Gasteiger partial charge in [-0.3, -0.25) is 0 Å². The lowest BCUT2D eigenvalue weighted by molar-refractivity contribution is 0.247. The highest BCUT2D eigenvalue weighted by Crippen LogP contribution is 2.48. The Morgan fingerprint density at radius 1 is 0.625 bits per heavy atom. The van der Waals surface area contributed by atoms with E-state index < -0.39 is 0 Å². The van der Waals surface area contributed by atoms with Crippen molar-refractivity contribution in [2.24, 2.45) is 22.7 Å². The molecule has 3 rings (SSSR count). The van der Waals surface area contributed by atoms with Gasteiger partial charge in [0.2, 0.25) is 0 Å². The maximum absolute atomic E-state index is 9.76. The first-order valence-corrected chi connectivity index (χ1v) is 9.07. The molecule has 0 N–H and O–H groups in total. The van der Waals surface area contributed by atoms with Crippen molar-refractivity contribution in [2.75, 3.05) is 0 Å². The summed E-state index contributed by atoms with van der Waals surface area (Å²) in [7, 11) is 0. The predicted octanol–water partition coefficient (Wildman–Crippen LogP) is 4.95. The Bertz CT molecular complexity index is 706. The molecule has 2 aliphatic carbocycles. The number of fused-ring (bicyclic) bond motifs is 3. The fraction of sp³-hybridized carbons (Fsp3) is 0.636. The van der Waals surface area contributed by atoms with E-state index in [0.717, 1.165) is 25.7 Å². The molecule has 2 aliphatic rings. The minimum absolute atomic E-state index is 0.230. The van der Waals surface area contributed by atoms with Gasteiger partial charge < -0.3 is 0 Å². The fourth-order valence-electron chi connectivity index (χ4n) is 4.51. The van der Waals surface area contributed by atoms with Gasteiger partial charge in [0.1, 0.15) is 12.1 Å². The van der Waals surface area contributed by atoms with Gasteiger partial charge in [0.15, 0.2) is 0 Å². The zero-order valence-electron chi connectivity index (χ0n) is 15.9. The van der Waals surface area contributed by atoms with Crippen molar-refractivity contribution in [3.05, 3.63) is 33.4 Å². The Labute approximate surface area is 146 Å². The lowest BCUT2D eigenvalue weighted by Crippen LogP contribution is -2.21. The van der Waals surface area contributed by atoms with Crippen LogP contribution in [0.5, 0.6) is 0 Å². The van der Waals surface area contributed by atoms with E-state index >= 15 is 0 Å². The van der Waals surface area contributed by atoms with Gasteiger partial charge in [-0.15, -0.1) is 0 Å². The SMILES string of the molecule is CC(C)(C)C1Cc2c(C#N)c(C#N)c3c(c2C1)CC(C(C)(C)C)C3. The molecule has 126 valence electrons. The molecule has 0 bridgehead atoms. The van der Waals surface area contributed by atoms with Crippen LogP contribution in [0, 0.1) is 45.3 Å². The van der Waals surface area contributed by atoms with E-state index in [1.807, 2.05) is 0 Å². The summed E-state index contributed by atoms with van der Waals surface area (Å²) >= 11 is 0. The molecule has 0 radical (unpaired) electrons. The Balaban J connectivity index is 2.17. The smallest absolute Gasteiger partial charge is 0.101 e. The molecule has 0 saturated heterocycles. The monoisotopic (exact) mass is 320 g/mol. The van der Waals surface area contributed by atoms with Crippen molar-refractivity contribution in [3.63, 3.8) is 0 Å². The third-order valence-corrected chi connectivity index (χ3v) is 6.42. The topological polar surface area (TPSA) is 47.6 Å². The summed E-state index contributed by atoms with van der Waals surface area (Å²) in [6.45, 7) is 13.7. The highest BCUT2D eigenvalue weighted by atomic mass is 14.5. The summed E-state index contributed by atoms with van der Waals surface area (Å²) in [5.74, 6) is 1.12. The summed E-state index contributed by atoms with van der Waals surface area (Å²) in [4.78, 5) is 0. The third kappa shape index (κ3) is 2.53. The maximum Gasteiger partial charge on any atom is 0.101 e. The minimum atomic E-state index is 0.230. The Kier molecular flexibility index (Phi) is 3.80. The molecule has 2 nitrogen and oxygen atoms in total. The maximum atomic E-state index is 9.76. The van der Waals surface area contributed by atoms with Crippen molar-refractivity contribution >= 4 is 0 Å². The van der Waals surface area contributed by atoms with Crippen molar-refractivity contribution < 1.29 is 0 Å². The first kappa shape index (κ1) is 17.0. The molecule has 1 aromatic carbocycles. The van der Waals surface area contributed by atoms with E-state index in [0.29, 0.717) is 23.0 Å². The molecule has 0 fully saturated rings. The zero-order valence-corrected chi connectivity index (χ0v) is 15.9. The number of benzene rings is 1. The molecule has 0 aromatic heterocycles. The summed E-state index contributed by atoms with van der Waals surface area (Å²) in [5.41, 5.74) is 6.99. The van der Waals surface area contributed by atoms with E-state index in [9.17, 15) is 10.5 Å². The van der Waals surface area contributed by atoms with Crippen molar-refractivity contribution in [1.29, 1.82) is 10.5 Å². The molecule has 0 heterocycles. The van der Waals surface area contributed by atoms with Crippen LogP contribution < -0.4 is 0 Å². The second kappa shape index (κ2) is 5.35. The molecular formula is C22H28N2. The standard InChI is InChI=1S/C22H28N2/c1-21(2,3)13-7-15-16-8-14(22(4,5)6)10-18(16)20(12-24)19(11-23)17(15)9-13/h13-14H,7-10H2,1-6H3.